The number of halogens is 2. The van der Waals surface area contributed by atoms with Gasteiger partial charge >= 0.3 is 5.97 Å². The number of nitrogens with two attached hydrogens (primary N) is 4. The van der Waals surface area contributed by atoms with E-state index >= 15 is 0 Å². The van der Waals surface area contributed by atoms with Crippen LogP contribution in [-0.4, -0.2) is 135 Å². The largest absolute Gasteiger partial charge is 0.504 e. The number of benzene rings is 3. The van der Waals surface area contributed by atoms with Gasteiger partial charge in [-0.15, -0.1) is 0 Å². The third kappa shape index (κ3) is 12.8. The van der Waals surface area contributed by atoms with E-state index in [1.54, 1.807) is 24.3 Å². The molecule has 1 aromatic heterocycles. The number of alkyl halides is 2. The molecule has 6 atom stereocenters. The number of nitrogen functional groups attached to an aromatic ring is 1. The third-order valence-electron chi connectivity index (χ3n) is 11.4. The van der Waals surface area contributed by atoms with E-state index in [0.717, 1.165) is 17.5 Å². The molecule has 4 amide bonds. The zero-order valence-corrected chi connectivity index (χ0v) is 39.2. The van der Waals surface area contributed by atoms with Crippen LogP contribution in [0.15, 0.2) is 54.6 Å². The predicted molar refractivity (Wildman–Crippen MR) is 252 cm³/mol. The van der Waals surface area contributed by atoms with E-state index in [-0.39, 0.29) is 78.5 Å². The van der Waals surface area contributed by atoms with Crippen molar-refractivity contribution in [1.29, 1.82) is 0 Å². The summed E-state index contributed by atoms with van der Waals surface area (Å²) in [6.07, 6.45) is -6.36. The summed E-state index contributed by atoms with van der Waals surface area (Å²) in [6.45, 7) is 5.71. The van der Waals surface area contributed by atoms with Gasteiger partial charge in [-0.2, -0.15) is 0 Å². The van der Waals surface area contributed by atoms with Crippen LogP contribution in [0.4, 0.5) is 14.6 Å². The van der Waals surface area contributed by atoms with E-state index in [1.807, 2.05) is 20.8 Å². The fourth-order valence-electron chi connectivity index (χ4n) is 7.45. The lowest BCUT2D eigenvalue weighted by molar-refractivity contribution is -0.143. The number of aromatic nitrogens is 2. The number of anilines is 1. The molecule has 0 aliphatic carbocycles. The second-order valence-corrected chi connectivity index (χ2v) is 17.8. The Morgan fingerprint density at radius 3 is 2.10 bits per heavy atom. The number of carboxylic acids is 1. The fraction of sp³-hybridized carbons (Fsp3) is 0.426. The van der Waals surface area contributed by atoms with Crippen LogP contribution in [0.5, 0.6) is 17.2 Å². The number of likely N-dealkylation sites (N-methyl/N-ethyl adjacent to an activating group) is 1. The highest BCUT2D eigenvalue weighted by molar-refractivity contribution is 6.03. The second-order valence-electron chi connectivity index (χ2n) is 17.8. The second kappa shape index (κ2) is 23.0. The zero-order valence-electron chi connectivity index (χ0n) is 39.2. The first-order valence-electron chi connectivity index (χ1n) is 22.2. The van der Waals surface area contributed by atoms with Gasteiger partial charge in [0.15, 0.2) is 17.3 Å². The molecule has 0 radical (unpaired) electrons. The van der Waals surface area contributed by atoms with E-state index in [1.165, 1.54) is 37.3 Å². The Morgan fingerprint density at radius 2 is 1.53 bits per heavy atom. The van der Waals surface area contributed by atoms with Gasteiger partial charge in [-0.1, -0.05) is 51.1 Å². The molecule has 23 heteroatoms. The first-order valence-corrected chi connectivity index (χ1v) is 22.2. The molecule has 378 valence electrons. The Morgan fingerprint density at radius 1 is 0.900 bits per heavy atom. The zero-order chi connectivity index (χ0) is 51.8. The van der Waals surface area contributed by atoms with E-state index < -0.39 is 102 Å². The lowest BCUT2D eigenvalue weighted by Crippen LogP contribution is -2.55. The Labute approximate surface area is 401 Å². The van der Waals surface area contributed by atoms with Crippen molar-refractivity contribution < 1.29 is 62.7 Å². The van der Waals surface area contributed by atoms with Gasteiger partial charge in [-0.3, -0.25) is 19.2 Å². The van der Waals surface area contributed by atoms with Crippen molar-refractivity contribution in [3.63, 3.8) is 0 Å². The van der Waals surface area contributed by atoms with Gasteiger partial charge in [0.1, 0.15) is 72.4 Å². The molecule has 15 N–H and O–H groups in total. The molecular weight excluding hydrogens is 919 g/mol. The van der Waals surface area contributed by atoms with Crippen LogP contribution in [0.25, 0.3) is 22.5 Å². The van der Waals surface area contributed by atoms with Crippen molar-refractivity contribution >= 4 is 35.4 Å². The summed E-state index contributed by atoms with van der Waals surface area (Å²) in [4.78, 5) is 78.4. The van der Waals surface area contributed by atoms with Crippen LogP contribution in [0.3, 0.4) is 0 Å². The smallest absolute Gasteiger partial charge is 0.326 e. The summed E-state index contributed by atoms with van der Waals surface area (Å²) in [5.74, 6) is -7.43. The molecule has 0 spiro atoms. The van der Waals surface area contributed by atoms with Crippen LogP contribution in [0, 0.1) is 0 Å². The highest BCUT2D eigenvalue weighted by Gasteiger charge is 2.38. The maximum absolute atomic E-state index is 14.8. The van der Waals surface area contributed by atoms with Crippen LogP contribution in [-0.2, 0) is 31.0 Å². The predicted octanol–water partition coefficient (Wildman–Crippen LogP) is 1.01. The number of rotatable bonds is 17. The number of hydrogen-bond acceptors (Lipinski definition) is 16. The normalized spacial score (nSPS) is 17.6. The number of aliphatic carboxylic acids is 1. The number of phenols is 1. The average Bonchev–Trinajstić information content (AvgIpc) is 3.31. The number of amides is 4. The lowest BCUT2D eigenvalue weighted by atomic mass is 9.86. The van der Waals surface area contributed by atoms with Crippen molar-refractivity contribution in [3.05, 3.63) is 82.5 Å². The topological polar surface area (TPSA) is 354 Å². The van der Waals surface area contributed by atoms with Crippen LogP contribution < -0.4 is 48.4 Å². The van der Waals surface area contributed by atoms with E-state index in [2.05, 4.69) is 25.9 Å². The summed E-state index contributed by atoms with van der Waals surface area (Å²) >= 11 is 0. The first kappa shape index (κ1) is 53.9. The number of hydrogen-bond donors (Lipinski definition) is 11. The highest BCUT2D eigenvalue weighted by Crippen LogP contribution is 2.45. The van der Waals surface area contributed by atoms with Gasteiger partial charge in [0, 0.05) is 43.2 Å². The van der Waals surface area contributed by atoms with Gasteiger partial charge < -0.3 is 73.7 Å². The molecule has 21 nitrogen and oxygen atoms in total. The van der Waals surface area contributed by atoms with Gasteiger partial charge in [0.05, 0.1) is 0 Å². The summed E-state index contributed by atoms with van der Waals surface area (Å²) in [6, 6.07) is 7.20. The lowest BCUT2D eigenvalue weighted by Gasteiger charge is -2.33. The van der Waals surface area contributed by atoms with Crippen molar-refractivity contribution in [1.82, 2.24) is 30.8 Å². The van der Waals surface area contributed by atoms with Gasteiger partial charge in [-0.05, 0) is 66.3 Å². The molecule has 0 unspecified atom stereocenters. The summed E-state index contributed by atoms with van der Waals surface area (Å²) in [5.41, 5.74) is 22.7. The van der Waals surface area contributed by atoms with Crippen LogP contribution >= 0.6 is 0 Å². The first-order chi connectivity index (χ1) is 33.0. The molecule has 70 heavy (non-hydrogen) atoms. The van der Waals surface area contributed by atoms with Crippen molar-refractivity contribution in [2.24, 2.45) is 17.2 Å². The number of aliphatic hydroxyl groups is 2. The molecule has 5 rings (SSSR count). The Kier molecular flexibility index (Phi) is 17.7. The van der Waals surface area contributed by atoms with Crippen molar-refractivity contribution in [2.45, 2.75) is 88.8 Å². The summed E-state index contributed by atoms with van der Waals surface area (Å²) in [5, 5.41) is 49.9. The Balaban J connectivity index is 1.65. The number of aliphatic hydroxyl groups excluding tert-OH is 2. The van der Waals surface area contributed by atoms with E-state index in [4.69, 9.17) is 32.4 Å². The number of nitrogens with one attached hydrogen (secondary N) is 3. The number of ether oxygens (including phenoxy) is 2. The number of nitrogens with zero attached hydrogens (tertiary/aromatic N) is 3. The minimum Gasteiger partial charge on any atom is -0.504 e. The number of carbonyl (C=O) groups excluding carboxylic acids is 4. The fourth-order valence-corrected chi connectivity index (χ4v) is 7.45. The third-order valence-corrected chi connectivity index (χ3v) is 11.4. The van der Waals surface area contributed by atoms with Gasteiger partial charge in [-0.25, -0.2) is 23.5 Å². The number of fused-ring (bicyclic) bond motifs is 5. The molecule has 0 saturated heterocycles. The number of phenolic OH excluding ortho intramolecular Hbond substituents is 1. The average molecular weight is 979 g/mol. The number of aromatic hydroxyl groups is 1. The van der Waals surface area contributed by atoms with E-state index in [9.17, 15) is 53.2 Å². The van der Waals surface area contributed by atoms with Crippen molar-refractivity contribution in [2.75, 3.05) is 45.6 Å². The molecular formula is C47H60F2N10O11. The molecule has 0 saturated carbocycles. The monoisotopic (exact) mass is 978 g/mol. The molecule has 1 aliphatic heterocycles. The number of carboxylic acid groups (broad SMARTS) is 1. The number of carbonyl (C=O) groups is 5. The standard InChI is InChI=1S/C47H60F2N10O11/c1-22-42(63)56-32(46(67)68)15-23-6-11-33(69-20-27(60)18-51)29(14-23)30-16-25(17-34(38(30)62)70-21-28(61)19-52)37(44(65)54-22)59(5)45(66)31(12-13-50)55-43(64)35-36(39(48)49)57-41(58-40(35)53)24-7-9-26(10-8-24)47(2,3)4/h6-11,14,16-17,22,27-28,31-32,37,39,60-62H,12-13,15,18-21,50-52H2,1-5H3,(H,54,65)(H,55,64)(H,56,63)(H,67,68)(H2,53,57,58)/t22-,27+,28+,31-,32-,37-/m0/s1. The van der Waals surface area contributed by atoms with Crippen LogP contribution in [0.2, 0.25) is 0 Å². The molecule has 4 aromatic rings. The SMILES string of the molecule is C[C@@H]1NC(=O)[C@@H](N(C)C(=O)[C@H](CCN)NC(=O)c2c(N)nc(-c3ccc(C(C)(C)C)cc3)nc2C(F)F)c2cc(OC[C@H](O)CN)c(O)c(c2)-c2cc(ccc2OC[C@H](O)CN)C[C@@H](C(=O)O)NC1=O. The maximum Gasteiger partial charge on any atom is 0.326 e. The minimum absolute atomic E-state index is 0.0160. The van der Waals surface area contributed by atoms with Crippen LogP contribution in [0.1, 0.15) is 79.3 Å². The summed E-state index contributed by atoms with van der Waals surface area (Å²) in [7, 11) is 1.16. The molecule has 3 aromatic carbocycles. The van der Waals surface area contributed by atoms with E-state index in [0.29, 0.717) is 11.1 Å². The summed E-state index contributed by atoms with van der Waals surface area (Å²) < 4.78 is 41.3. The molecule has 4 bridgehead atoms. The molecule has 1 aliphatic rings. The van der Waals surface area contributed by atoms with Crippen molar-refractivity contribution in [3.8, 4) is 39.8 Å². The highest BCUT2D eigenvalue weighted by atomic mass is 19.3. The van der Waals surface area contributed by atoms with Gasteiger partial charge in [0.2, 0.25) is 17.7 Å². The maximum atomic E-state index is 14.8. The molecule has 2 heterocycles. The Hall–Kier alpha value is -7.05. The van der Waals surface area contributed by atoms with Gasteiger partial charge in [0.25, 0.3) is 12.3 Å². The minimum atomic E-state index is -3.34. The Bertz CT molecular complexity index is 2560. The quantitative estimate of drug-likeness (QED) is 0.0703. The molecule has 0 fully saturated rings.